The van der Waals surface area contributed by atoms with Crippen LogP contribution in [0.4, 0.5) is 13.2 Å². The van der Waals surface area contributed by atoms with Gasteiger partial charge in [0.25, 0.3) is 0 Å². The van der Waals surface area contributed by atoms with Gasteiger partial charge < -0.3 is 16.6 Å². The monoisotopic (exact) mass is 220 g/mol. The van der Waals surface area contributed by atoms with Crippen molar-refractivity contribution in [1.29, 1.82) is 0 Å². The third kappa shape index (κ3) is 2.40. The van der Waals surface area contributed by atoms with Crippen molar-refractivity contribution < 1.29 is 18.3 Å². The zero-order chi connectivity index (χ0) is 11.6. The van der Waals surface area contributed by atoms with Crippen molar-refractivity contribution in [1.82, 2.24) is 0 Å². The van der Waals surface area contributed by atoms with E-state index in [1.54, 1.807) is 0 Å². The normalized spacial score (nSPS) is 13.9. The number of benzene rings is 1. The minimum absolute atomic E-state index is 0.00678. The van der Waals surface area contributed by atoms with Gasteiger partial charge in [-0.05, 0) is 6.07 Å². The fraction of sp³-hybridized carbons (Fsp3) is 0.333. The van der Waals surface area contributed by atoms with Crippen molar-refractivity contribution in [3.05, 3.63) is 29.3 Å². The van der Waals surface area contributed by atoms with Crippen LogP contribution in [0.25, 0.3) is 0 Å². The van der Waals surface area contributed by atoms with Crippen molar-refractivity contribution in [2.24, 2.45) is 11.5 Å². The molecule has 0 aliphatic rings. The fourth-order valence-corrected chi connectivity index (χ4v) is 1.22. The molecular weight excluding hydrogens is 209 g/mol. The zero-order valence-electron chi connectivity index (χ0n) is 7.75. The Kier molecular flexibility index (Phi) is 3.21. The second kappa shape index (κ2) is 4.08. The number of phenols is 1. The molecule has 0 aliphatic carbocycles. The highest BCUT2D eigenvalue weighted by atomic mass is 19.4. The first kappa shape index (κ1) is 11.8. The van der Waals surface area contributed by atoms with E-state index in [9.17, 15) is 18.3 Å². The summed E-state index contributed by atoms with van der Waals surface area (Å²) in [7, 11) is 0. The van der Waals surface area contributed by atoms with Crippen LogP contribution < -0.4 is 11.5 Å². The Balaban J connectivity index is 3.23. The maximum atomic E-state index is 12.4. The smallest absolute Gasteiger partial charge is 0.419 e. The average Bonchev–Trinajstić information content (AvgIpc) is 2.15. The molecule has 0 aromatic heterocycles. The summed E-state index contributed by atoms with van der Waals surface area (Å²) in [6, 6.07) is 2.50. The van der Waals surface area contributed by atoms with E-state index in [1.165, 1.54) is 12.1 Å². The van der Waals surface area contributed by atoms with Crippen LogP contribution in [0.3, 0.4) is 0 Å². The molecule has 0 radical (unpaired) electrons. The Morgan fingerprint density at radius 1 is 1.33 bits per heavy atom. The molecule has 1 rings (SSSR count). The van der Waals surface area contributed by atoms with Gasteiger partial charge in [0, 0.05) is 18.2 Å². The summed E-state index contributed by atoms with van der Waals surface area (Å²) in [6.07, 6.45) is -4.59. The van der Waals surface area contributed by atoms with Gasteiger partial charge in [-0.15, -0.1) is 0 Å². The third-order valence-corrected chi connectivity index (χ3v) is 2.03. The maximum absolute atomic E-state index is 12.4. The number of alkyl halides is 3. The van der Waals surface area contributed by atoms with Gasteiger partial charge >= 0.3 is 6.18 Å². The van der Waals surface area contributed by atoms with Crippen LogP contribution in [-0.2, 0) is 6.18 Å². The molecule has 0 spiro atoms. The fourth-order valence-electron chi connectivity index (χ4n) is 1.22. The molecule has 0 unspecified atom stereocenters. The maximum Gasteiger partial charge on any atom is 0.419 e. The first-order chi connectivity index (χ1) is 6.88. The summed E-state index contributed by atoms with van der Waals surface area (Å²) in [5, 5.41) is 9.37. The molecule has 84 valence electrons. The van der Waals surface area contributed by atoms with Crippen LogP contribution in [0.2, 0.25) is 0 Å². The summed E-state index contributed by atoms with van der Waals surface area (Å²) in [4.78, 5) is 0. The Morgan fingerprint density at radius 3 is 2.40 bits per heavy atom. The highest BCUT2D eigenvalue weighted by Crippen LogP contribution is 2.38. The number of para-hydroxylation sites is 1. The lowest BCUT2D eigenvalue weighted by Gasteiger charge is -2.15. The molecule has 1 atom stereocenters. The number of hydrogen-bond donors (Lipinski definition) is 3. The largest absolute Gasteiger partial charge is 0.507 e. The molecule has 1 aromatic rings. The SMILES string of the molecule is NC[C@H](N)c1cccc(C(F)(F)F)c1O. The lowest BCUT2D eigenvalue weighted by Crippen LogP contribution is -2.21. The number of hydrogen-bond acceptors (Lipinski definition) is 3. The topological polar surface area (TPSA) is 72.3 Å². The number of rotatable bonds is 2. The van der Waals surface area contributed by atoms with Gasteiger partial charge in [-0.3, -0.25) is 0 Å². The molecule has 0 fully saturated rings. The Labute approximate surface area is 84.5 Å². The van der Waals surface area contributed by atoms with Crippen molar-refractivity contribution in [3.63, 3.8) is 0 Å². The molecule has 1 aromatic carbocycles. The van der Waals surface area contributed by atoms with Crippen LogP contribution in [0.15, 0.2) is 18.2 Å². The highest BCUT2D eigenvalue weighted by Gasteiger charge is 2.34. The highest BCUT2D eigenvalue weighted by molar-refractivity contribution is 5.43. The molecule has 15 heavy (non-hydrogen) atoms. The Morgan fingerprint density at radius 2 is 1.93 bits per heavy atom. The van der Waals surface area contributed by atoms with E-state index in [4.69, 9.17) is 11.5 Å². The Hall–Kier alpha value is -1.27. The minimum Gasteiger partial charge on any atom is -0.507 e. The number of halogens is 3. The van der Waals surface area contributed by atoms with Crippen LogP contribution in [0.1, 0.15) is 17.2 Å². The first-order valence-corrected chi connectivity index (χ1v) is 4.22. The van der Waals surface area contributed by atoms with E-state index in [2.05, 4.69) is 0 Å². The number of aromatic hydroxyl groups is 1. The summed E-state index contributed by atoms with van der Waals surface area (Å²) < 4.78 is 37.1. The summed E-state index contributed by atoms with van der Waals surface area (Å²) in [5.74, 6) is -0.844. The van der Waals surface area contributed by atoms with Gasteiger partial charge in [0.15, 0.2) is 0 Å². The Bertz CT molecular complexity index is 352. The molecule has 3 nitrogen and oxygen atoms in total. The molecule has 0 saturated heterocycles. The molecule has 0 bridgehead atoms. The summed E-state index contributed by atoms with van der Waals surface area (Å²) in [6.45, 7) is -0.0329. The first-order valence-electron chi connectivity index (χ1n) is 4.22. The average molecular weight is 220 g/mol. The van der Waals surface area contributed by atoms with E-state index in [0.29, 0.717) is 0 Å². The third-order valence-electron chi connectivity index (χ3n) is 2.03. The van der Waals surface area contributed by atoms with Crippen molar-refractivity contribution in [2.75, 3.05) is 6.54 Å². The molecule has 6 heteroatoms. The van der Waals surface area contributed by atoms with E-state index in [-0.39, 0.29) is 12.1 Å². The summed E-state index contributed by atoms with van der Waals surface area (Å²) in [5.41, 5.74) is 9.58. The molecular formula is C9H11F3N2O. The number of nitrogens with two attached hydrogens (primary N) is 2. The second-order valence-electron chi connectivity index (χ2n) is 3.08. The molecule has 0 amide bonds. The van der Waals surface area contributed by atoms with E-state index in [1.807, 2.05) is 0 Å². The zero-order valence-corrected chi connectivity index (χ0v) is 7.75. The molecule has 0 aliphatic heterocycles. The van der Waals surface area contributed by atoms with E-state index in [0.717, 1.165) is 6.07 Å². The molecule has 0 saturated carbocycles. The van der Waals surface area contributed by atoms with Gasteiger partial charge in [-0.25, -0.2) is 0 Å². The summed E-state index contributed by atoms with van der Waals surface area (Å²) >= 11 is 0. The predicted molar refractivity (Wildman–Crippen MR) is 49.1 cm³/mol. The van der Waals surface area contributed by atoms with Crippen molar-refractivity contribution >= 4 is 0 Å². The molecule has 5 N–H and O–H groups in total. The van der Waals surface area contributed by atoms with Crippen molar-refractivity contribution in [3.8, 4) is 5.75 Å². The lowest BCUT2D eigenvalue weighted by atomic mass is 10.0. The van der Waals surface area contributed by atoms with Gasteiger partial charge in [-0.2, -0.15) is 13.2 Å². The van der Waals surface area contributed by atoms with E-state index >= 15 is 0 Å². The standard InChI is InChI=1S/C9H11F3N2O/c10-9(11,12)6-3-1-2-5(8(6)15)7(14)4-13/h1-3,7,15H,4,13-14H2/t7-/m0/s1. The van der Waals surface area contributed by atoms with Crippen molar-refractivity contribution in [2.45, 2.75) is 12.2 Å². The van der Waals surface area contributed by atoms with Crippen LogP contribution >= 0.6 is 0 Å². The predicted octanol–water partition coefficient (Wildman–Crippen LogP) is 1.37. The van der Waals surface area contributed by atoms with Gasteiger partial charge in [0.05, 0.1) is 5.56 Å². The quantitative estimate of drug-likeness (QED) is 0.704. The van der Waals surface area contributed by atoms with Gasteiger partial charge in [-0.1, -0.05) is 12.1 Å². The second-order valence-corrected chi connectivity index (χ2v) is 3.08. The van der Waals surface area contributed by atoms with E-state index < -0.39 is 23.5 Å². The number of phenolic OH excluding ortho intramolecular Hbond substituents is 1. The van der Waals surface area contributed by atoms with Gasteiger partial charge in [0.1, 0.15) is 5.75 Å². The lowest BCUT2D eigenvalue weighted by molar-refractivity contribution is -0.138. The van der Waals surface area contributed by atoms with Gasteiger partial charge in [0.2, 0.25) is 0 Å². The van der Waals surface area contributed by atoms with Crippen LogP contribution in [0.5, 0.6) is 5.75 Å². The molecule has 0 heterocycles. The minimum atomic E-state index is -4.59. The van der Waals surface area contributed by atoms with Crippen LogP contribution in [-0.4, -0.2) is 11.7 Å². The van der Waals surface area contributed by atoms with Crippen LogP contribution in [0, 0.1) is 0 Å².